The van der Waals surface area contributed by atoms with Gasteiger partial charge in [-0.3, -0.25) is 14.7 Å². The number of hydrogen-bond donors (Lipinski definition) is 1. The Morgan fingerprint density at radius 3 is 2.72 bits per heavy atom. The molecule has 2 aliphatic heterocycles. The minimum absolute atomic E-state index is 0.00337. The lowest BCUT2D eigenvalue weighted by atomic mass is 9.99. The number of benzene rings is 1. The molecule has 2 aromatic rings. The average Bonchev–Trinajstić information content (AvgIpc) is 2.96. The predicted octanol–water partition coefficient (Wildman–Crippen LogP) is 1.99. The number of hydrogen-bond acceptors (Lipinski definition) is 4. The molecule has 1 aromatic heterocycles. The Kier molecular flexibility index (Phi) is 4.76. The fourth-order valence-corrected chi connectivity index (χ4v) is 3.80. The summed E-state index contributed by atoms with van der Waals surface area (Å²) in [6.45, 7) is 3.16. The zero-order chi connectivity index (χ0) is 17.1. The highest BCUT2D eigenvalue weighted by molar-refractivity contribution is 5.79. The van der Waals surface area contributed by atoms with Crippen molar-refractivity contribution in [3.8, 4) is 0 Å². The summed E-state index contributed by atoms with van der Waals surface area (Å²) in [7, 11) is 0. The number of rotatable bonds is 5. The molecule has 1 amide bonds. The minimum atomic E-state index is -0.0452. The molecular formula is C20H23N3O2. The first-order valence-electron chi connectivity index (χ1n) is 8.86. The van der Waals surface area contributed by atoms with E-state index in [-0.39, 0.29) is 24.0 Å². The Labute approximate surface area is 148 Å². The number of nitrogens with zero attached hydrogens (tertiary/aromatic N) is 2. The van der Waals surface area contributed by atoms with E-state index in [9.17, 15) is 4.79 Å². The van der Waals surface area contributed by atoms with Crippen LogP contribution in [0, 0.1) is 5.92 Å². The fraction of sp³-hybridized carbons (Fsp3) is 0.400. The molecular weight excluding hydrogens is 314 g/mol. The molecule has 1 N–H and O–H groups in total. The summed E-state index contributed by atoms with van der Waals surface area (Å²) >= 11 is 0. The Balaban J connectivity index is 1.33. The van der Waals surface area contributed by atoms with Gasteiger partial charge in [0.05, 0.1) is 18.1 Å². The Morgan fingerprint density at radius 1 is 1.12 bits per heavy atom. The molecule has 1 aromatic carbocycles. The maximum atomic E-state index is 12.6. The fourth-order valence-electron chi connectivity index (χ4n) is 3.80. The van der Waals surface area contributed by atoms with Crippen molar-refractivity contribution in [2.45, 2.75) is 31.7 Å². The van der Waals surface area contributed by atoms with E-state index in [1.165, 1.54) is 5.56 Å². The number of nitrogens with one attached hydrogen (secondary N) is 1. The minimum Gasteiger partial charge on any atom is -0.371 e. The molecule has 2 aliphatic rings. The van der Waals surface area contributed by atoms with E-state index in [2.05, 4.69) is 15.2 Å². The molecule has 130 valence electrons. The van der Waals surface area contributed by atoms with E-state index in [0.717, 1.165) is 31.6 Å². The maximum Gasteiger partial charge on any atom is 0.226 e. The second-order valence-electron chi connectivity index (χ2n) is 6.89. The van der Waals surface area contributed by atoms with Crippen LogP contribution in [0.25, 0.3) is 0 Å². The molecule has 4 rings (SSSR count). The smallest absolute Gasteiger partial charge is 0.226 e. The van der Waals surface area contributed by atoms with Crippen LogP contribution in [0.3, 0.4) is 0 Å². The molecule has 0 radical (unpaired) electrons. The summed E-state index contributed by atoms with van der Waals surface area (Å²) in [5, 5.41) is 3.07. The molecule has 2 saturated heterocycles. The van der Waals surface area contributed by atoms with E-state index in [4.69, 9.17) is 4.74 Å². The number of aromatic nitrogens is 1. The van der Waals surface area contributed by atoms with Crippen molar-refractivity contribution in [1.29, 1.82) is 0 Å². The largest absolute Gasteiger partial charge is 0.371 e. The number of carbonyl (C=O) groups is 1. The molecule has 2 bridgehead atoms. The van der Waals surface area contributed by atoms with Gasteiger partial charge in [0.2, 0.25) is 5.91 Å². The number of amides is 1. The summed E-state index contributed by atoms with van der Waals surface area (Å²) in [6, 6.07) is 14.1. The quantitative estimate of drug-likeness (QED) is 0.907. The number of pyridine rings is 1. The third-order valence-electron chi connectivity index (χ3n) is 5.03. The third-order valence-corrected chi connectivity index (χ3v) is 5.03. The summed E-state index contributed by atoms with van der Waals surface area (Å²) in [6.07, 6.45) is 4.62. The number of morpholine rings is 1. The number of fused-ring (bicyclic) bond motifs is 2. The Bertz CT molecular complexity index is 707. The number of likely N-dealkylation sites (tertiary alicyclic amines) is 1. The van der Waals surface area contributed by atoms with Gasteiger partial charge in [-0.05, 0) is 29.7 Å². The average molecular weight is 337 g/mol. The van der Waals surface area contributed by atoms with Gasteiger partial charge in [0, 0.05) is 38.6 Å². The molecule has 0 aliphatic carbocycles. The first kappa shape index (κ1) is 16.2. The summed E-state index contributed by atoms with van der Waals surface area (Å²) in [5.41, 5.74) is 2.37. The third kappa shape index (κ3) is 3.89. The van der Waals surface area contributed by atoms with E-state index in [0.29, 0.717) is 6.54 Å². The maximum absolute atomic E-state index is 12.6. The van der Waals surface area contributed by atoms with Gasteiger partial charge in [0.15, 0.2) is 0 Å². The molecule has 5 nitrogen and oxygen atoms in total. The highest BCUT2D eigenvalue weighted by Crippen LogP contribution is 2.32. The van der Waals surface area contributed by atoms with Crippen molar-refractivity contribution >= 4 is 5.91 Å². The zero-order valence-electron chi connectivity index (χ0n) is 14.2. The Hall–Kier alpha value is -2.24. The van der Waals surface area contributed by atoms with Crippen LogP contribution in [0.4, 0.5) is 0 Å². The van der Waals surface area contributed by atoms with Crippen molar-refractivity contribution in [1.82, 2.24) is 15.2 Å². The van der Waals surface area contributed by atoms with Crippen LogP contribution in [-0.4, -0.2) is 41.1 Å². The summed E-state index contributed by atoms with van der Waals surface area (Å²) < 4.78 is 6.04. The van der Waals surface area contributed by atoms with Crippen molar-refractivity contribution < 1.29 is 9.53 Å². The Morgan fingerprint density at radius 2 is 1.92 bits per heavy atom. The standard InChI is InChI=1S/C20H23N3O2/c24-20(22-11-15-4-2-1-3-5-15)18-10-17-13-23(14-19(18)25-17)12-16-6-8-21-9-7-16/h1-9,17-19H,10-14H2,(H,22,24)/t17-,18-,19+/m0/s1. The summed E-state index contributed by atoms with van der Waals surface area (Å²) in [4.78, 5) is 19.1. The summed E-state index contributed by atoms with van der Waals surface area (Å²) in [5.74, 6) is 0.0678. The molecule has 5 heteroatoms. The van der Waals surface area contributed by atoms with Crippen LogP contribution in [0.15, 0.2) is 54.9 Å². The van der Waals surface area contributed by atoms with Crippen LogP contribution in [-0.2, 0) is 22.6 Å². The highest BCUT2D eigenvalue weighted by atomic mass is 16.5. The van der Waals surface area contributed by atoms with Gasteiger partial charge < -0.3 is 10.1 Å². The lowest BCUT2D eigenvalue weighted by molar-refractivity contribution is -0.128. The SMILES string of the molecule is O=C(NCc1ccccc1)[C@H]1C[C@H]2CN(Cc3ccncc3)C[C@H]1O2. The van der Waals surface area contributed by atoms with Gasteiger partial charge in [-0.1, -0.05) is 30.3 Å². The predicted molar refractivity (Wildman–Crippen MR) is 94.6 cm³/mol. The first-order valence-corrected chi connectivity index (χ1v) is 8.86. The van der Waals surface area contributed by atoms with Crippen LogP contribution < -0.4 is 5.32 Å². The lowest BCUT2D eigenvalue weighted by Crippen LogP contribution is -2.44. The van der Waals surface area contributed by atoms with Crippen molar-refractivity contribution in [2.24, 2.45) is 5.92 Å². The van der Waals surface area contributed by atoms with Crippen LogP contribution in [0.1, 0.15) is 17.5 Å². The second-order valence-corrected chi connectivity index (χ2v) is 6.89. The molecule has 3 atom stereocenters. The van der Waals surface area contributed by atoms with Gasteiger partial charge in [0.1, 0.15) is 0 Å². The van der Waals surface area contributed by atoms with Crippen molar-refractivity contribution in [3.63, 3.8) is 0 Å². The van der Waals surface area contributed by atoms with Crippen LogP contribution in [0.2, 0.25) is 0 Å². The normalized spacial score (nSPS) is 25.7. The van der Waals surface area contributed by atoms with Gasteiger partial charge in [-0.25, -0.2) is 0 Å². The molecule has 2 fully saturated rings. The molecule has 0 saturated carbocycles. The monoisotopic (exact) mass is 337 g/mol. The number of ether oxygens (including phenoxy) is 1. The first-order chi connectivity index (χ1) is 12.3. The molecule has 0 spiro atoms. The molecule has 25 heavy (non-hydrogen) atoms. The topological polar surface area (TPSA) is 54.5 Å². The van der Waals surface area contributed by atoms with E-state index < -0.39 is 0 Å². The zero-order valence-corrected chi connectivity index (χ0v) is 14.2. The van der Waals surface area contributed by atoms with Gasteiger partial charge in [-0.15, -0.1) is 0 Å². The van der Waals surface area contributed by atoms with E-state index in [1.54, 1.807) is 0 Å². The van der Waals surface area contributed by atoms with Crippen molar-refractivity contribution in [2.75, 3.05) is 13.1 Å². The molecule has 3 heterocycles. The van der Waals surface area contributed by atoms with Gasteiger partial charge in [0.25, 0.3) is 0 Å². The van der Waals surface area contributed by atoms with Crippen LogP contribution >= 0.6 is 0 Å². The van der Waals surface area contributed by atoms with E-state index in [1.807, 2.05) is 54.9 Å². The highest BCUT2D eigenvalue weighted by Gasteiger charge is 2.44. The van der Waals surface area contributed by atoms with Gasteiger partial charge in [-0.2, -0.15) is 0 Å². The van der Waals surface area contributed by atoms with E-state index >= 15 is 0 Å². The van der Waals surface area contributed by atoms with Crippen molar-refractivity contribution in [3.05, 3.63) is 66.0 Å². The van der Waals surface area contributed by atoms with Crippen LogP contribution in [0.5, 0.6) is 0 Å². The lowest BCUT2D eigenvalue weighted by Gasteiger charge is -2.32. The second kappa shape index (κ2) is 7.33. The van der Waals surface area contributed by atoms with Gasteiger partial charge >= 0.3 is 0 Å². The number of carbonyl (C=O) groups excluding carboxylic acids is 1. The molecule has 0 unspecified atom stereocenters.